The van der Waals surface area contributed by atoms with Crippen molar-refractivity contribution in [2.24, 2.45) is 5.14 Å². The number of aromatic nitrogens is 3. The second-order valence-corrected chi connectivity index (χ2v) is 6.90. The maximum absolute atomic E-state index is 12.1. The first kappa shape index (κ1) is 16.1. The lowest BCUT2D eigenvalue weighted by atomic mass is 10.2. The summed E-state index contributed by atoms with van der Waals surface area (Å²) in [7, 11) is -3.57. The number of para-hydroxylation sites is 1. The lowest BCUT2D eigenvalue weighted by molar-refractivity contribution is -0.116. The van der Waals surface area contributed by atoms with Crippen LogP contribution in [0.5, 0.6) is 0 Å². The number of fused-ring (bicyclic) bond motifs is 1. The van der Waals surface area contributed by atoms with Crippen molar-refractivity contribution in [3.8, 4) is 0 Å². The van der Waals surface area contributed by atoms with Gasteiger partial charge in [-0.05, 0) is 29.8 Å². The van der Waals surface area contributed by atoms with Crippen molar-refractivity contribution in [2.45, 2.75) is 12.3 Å². The quantitative estimate of drug-likeness (QED) is 0.710. The summed E-state index contributed by atoms with van der Waals surface area (Å²) in [6.45, 7) is 0.0272. The van der Waals surface area contributed by atoms with Crippen LogP contribution in [0.15, 0.2) is 48.5 Å². The SMILES string of the molecule is NS(=O)(=O)Cc1ccc(NC(=O)Cn2nnc3ccccc32)cc1. The monoisotopic (exact) mass is 345 g/mol. The van der Waals surface area contributed by atoms with Crippen LogP contribution >= 0.6 is 0 Å². The minimum atomic E-state index is -3.57. The van der Waals surface area contributed by atoms with E-state index in [1.54, 1.807) is 24.3 Å². The highest BCUT2D eigenvalue weighted by Crippen LogP contribution is 2.13. The number of primary sulfonamides is 1. The molecule has 3 rings (SSSR count). The van der Waals surface area contributed by atoms with E-state index in [0.29, 0.717) is 11.3 Å². The molecule has 0 fully saturated rings. The highest BCUT2D eigenvalue weighted by molar-refractivity contribution is 7.88. The molecule has 0 atom stereocenters. The van der Waals surface area contributed by atoms with Gasteiger partial charge in [0.15, 0.2) is 0 Å². The number of carbonyl (C=O) groups is 1. The lowest BCUT2D eigenvalue weighted by Gasteiger charge is -2.07. The van der Waals surface area contributed by atoms with Gasteiger partial charge in [-0.1, -0.05) is 29.5 Å². The molecule has 0 radical (unpaired) electrons. The summed E-state index contributed by atoms with van der Waals surface area (Å²) in [6, 6.07) is 13.8. The van der Waals surface area contributed by atoms with Crippen molar-refractivity contribution < 1.29 is 13.2 Å². The van der Waals surface area contributed by atoms with Gasteiger partial charge >= 0.3 is 0 Å². The van der Waals surface area contributed by atoms with Gasteiger partial charge in [-0.3, -0.25) is 4.79 Å². The van der Waals surface area contributed by atoms with E-state index in [-0.39, 0.29) is 18.2 Å². The molecule has 1 heterocycles. The van der Waals surface area contributed by atoms with Crippen LogP contribution < -0.4 is 10.5 Å². The van der Waals surface area contributed by atoms with E-state index in [2.05, 4.69) is 15.6 Å². The first-order valence-electron chi connectivity index (χ1n) is 7.08. The third-order valence-corrected chi connectivity index (χ3v) is 4.05. The molecule has 0 aliphatic heterocycles. The third kappa shape index (κ3) is 3.94. The molecule has 24 heavy (non-hydrogen) atoms. The fraction of sp³-hybridized carbons (Fsp3) is 0.133. The van der Waals surface area contributed by atoms with Crippen molar-refractivity contribution in [1.82, 2.24) is 15.0 Å². The van der Waals surface area contributed by atoms with Gasteiger partial charge in [0, 0.05) is 5.69 Å². The Bertz CT molecular complexity index is 980. The number of rotatable bonds is 5. The molecular weight excluding hydrogens is 330 g/mol. The number of benzene rings is 2. The number of anilines is 1. The predicted molar refractivity (Wildman–Crippen MR) is 89.4 cm³/mol. The maximum Gasteiger partial charge on any atom is 0.246 e. The Morgan fingerprint density at radius 2 is 1.83 bits per heavy atom. The zero-order valence-electron chi connectivity index (χ0n) is 12.6. The summed E-state index contributed by atoms with van der Waals surface area (Å²) in [4.78, 5) is 12.1. The second-order valence-electron chi connectivity index (χ2n) is 5.29. The summed E-state index contributed by atoms with van der Waals surface area (Å²) in [6.07, 6.45) is 0. The Morgan fingerprint density at radius 1 is 1.12 bits per heavy atom. The van der Waals surface area contributed by atoms with E-state index in [1.807, 2.05) is 24.3 Å². The van der Waals surface area contributed by atoms with E-state index >= 15 is 0 Å². The normalized spacial score (nSPS) is 11.5. The Balaban J connectivity index is 1.66. The molecule has 3 N–H and O–H groups in total. The number of carbonyl (C=O) groups excluding carboxylic acids is 1. The molecule has 124 valence electrons. The molecule has 9 heteroatoms. The first-order valence-corrected chi connectivity index (χ1v) is 8.80. The van der Waals surface area contributed by atoms with Gasteiger partial charge in [-0.15, -0.1) is 5.10 Å². The summed E-state index contributed by atoms with van der Waals surface area (Å²) in [5, 5.41) is 15.7. The van der Waals surface area contributed by atoms with Gasteiger partial charge in [-0.25, -0.2) is 18.2 Å². The van der Waals surface area contributed by atoms with E-state index in [1.165, 1.54) is 4.68 Å². The molecular formula is C15H15N5O3S. The van der Waals surface area contributed by atoms with Gasteiger partial charge < -0.3 is 5.32 Å². The van der Waals surface area contributed by atoms with Crippen LogP contribution in [-0.2, 0) is 27.1 Å². The molecule has 0 spiro atoms. The molecule has 0 bridgehead atoms. The Kier molecular flexibility index (Phi) is 4.28. The summed E-state index contributed by atoms with van der Waals surface area (Å²) >= 11 is 0. The molecule has 0 saturated heterocycles. The van der Waals surface area contributed by atoms with E-state index in [9.17, 15) is 13.2 Å². The molecule has 2 aromatic carbocycles. The molecule has 0 unspecified atom stereocenters. The second kappa shape index (κ2) is 6.38. The molecule has 0 aliphatic carbocycles. The Hall–Kier alpha value is -2.78. The van der Waals surface area contributed by atoms with E-state index in [0.717, 1.165) is 11.0 Å². The van der Waals surface area contributed by atoms with Gasteiger partial charge in [0.2, 0.25) is 15.9 Å². The fourth-order valence-corrected chi connectivity index (χ4v) is 2.94. The number of sulfonamides is 1. The van der Waals surface area contributed by atoms with Crippen LogP contribution in [0.4, 0.5) is 5.69 Å². The van der Waals surface area contributed by atoms with Crippen LogP contribution in [0.25, 0.3) is 11.0 Å². The smallest absolute Gasteiger partial charge is 0.246 e. The molecule has 3 aromatic rings. The van der Waals surface area contributed by atoms with Crippen LogP contribution in [0.1, 0.15) is 5.56 Å². The van der Waals surface area contributed by atoms with Gasteiger partial charge in [0.05, 0.1) is 11.3 Å². The average Bonchev–Trinajstić information content (AvgIpc) is 2.91. The number of nitrogens with zero attached hydrogens (tertiary/aromatic N) is 3. The minimum Gasteiger partial charge on any atom is -0.324 e. The van der Waals surface area contributed by atoms with Crippen molar-refractivity contribution >= 4 is 32.7 Å². The average molecular weight is 345 g/mol. The summed E-state index contributed by atoms with van der Waals surface area (Å²) in [5.74, 6) is -0.503. The Morgan fingerprint density at radius 3 is 2.54 bits per heavy atom. The van der Waals surface area contributed by atoms with Gasteiger partial charge in [0.1, 0.15) is 12.1 Å². The number of amides is 1. The van der Waals surface area contributed by atoms with Crippen LogP contribution in [0, 0.1) is 0 Å². The standard InChI is InChI=1S/C15H15N5O3S/c16-24(22,23)10-11-5-7-12(8-6-11)17-15(21)9-20-14-4-2-1-3-13(14)18-19-20/h1-8H,9-10H2,(H,17,21)(H2,16,22,23). The molecule has 0 saturated carbocycles. The Labute approximate surface area is 138 Å². The van der Waals surface area contributed by atoms with Crippen molar-refractivity contribution in [3.05, 3.63) is 54.1 Å². The molecule has 1 amide bonds. The number of hydrogen-bond donors (Lipinski definition) is 2. The lowest BCUT2D eigenvalue weighted by Crippen LogP contribution is -2.19. The number of nitrogens with one attached hydrogen (secondary N) is 1. The van der Waals surface area contributed by atoms with E-state index in [4.69, 9.17) is 5.14 Å². The zero-order valence-corrected chi connectivity index (χ0v) is 13.4. The van der Waals surface area contributed by atoms with Gasteiger partial charge in [-0.2, -0.15) is 0 Å². The van der Waals surface area contributed by atoms with Crippen molar-refractivity contribution in [3.63, 3.8) is 0 Å². The maximum atomic E-state index is 12.1. The molecule has 8 nitrogen and oxygen atoms in total. The molecule has 0 aliphatic rings. The topological polar surface area (TPSA) is 120 Å². The van der Waals surface area contributed by atoms with Crippen molar-refractivity contribution in [1.29, 1.82) is 0 Å². The summed E-state index contributed by atoms with van der Waals surface area (Å²) < 4.78 is 23.6. The fourth-order valence-electron chi connectivity index (χ4n) is 2.29. The van der Waals surface area contributed by atoms with Crippen LogP contribution in [0.2, 0.25) is 0 Å². The van der Waals surface area contributed by atoms with Crippen LogP contribution in [-0.4, -0.2) is 29.3 Å². The highest BCUT2D eigenvalue weighted by Gasteiger charge is 2.09. The van der Waals surface area contributed by atoms with Crippen LogP contribution in [0.3, 0.4) is 0 Å². The number of nitrogens with two attached hydrogens (primary N) is 1. The largest absolute Gasteiger partial charge is 0.324 e. The zero-order chi connectivity index (χ0) is 17.2. The van der Waals surface area contributed by atoms with E-state index < -0.39 is 10.0 Å². The highest BCUT2D eigenvalue weighted by atomic mass is 32.2. The van der Waals surface area contributed by atoms with Crippen molar-refractivity contribution in [2.75, 3.05) is 5.32 Å². The predicted octanol–water partition coefficient (Wildman–Crippen LogP) is 0.858. The summed E-state index contributed by atoms with van der Waals surface area (Å²) in [5.41, 5.74) is 2.61. The molecule has 1 aromatic heterocycles. The van der Waals surface area contributed by atoms with Gasteiger partial charge in [0.25, 0.3) is 0 Å². The first-order chi connectivity index (χ1) is 11.4. The third-order valence-electron chi connectivity index (χ3n) is 3.32. The minimum absolute atomic E-state index is 0.0272. The number of hydrogen-bond acceptors (Lipinski definition) is 5.